The zero-order chi connectivity index (χ0) is 15.9. The fourth-order valence-electron chi connectivity index (χ4n) is 2.42. The molecule has 0 bridgehead atoms. The third kappa shape index (κ3) is 2.50. The molecule has 0 aliphatic rings. The van der Waals surface area contributed by atoms with E-state index in [9.17, 15) is 4.79 Å². The van der Waals surface area contributed by atoms with Gasteiger partial charge in [-0.1, -0.05) is 37.3 Å². The van der Waals surface area contributed by atoms with Crippen LogP contribution in [0.1, 0.15) is 46.5 Å². The lowest BCUT2D eigenvalue weighted by Gasteiger charge is -2.06. The second-order valence-electron chi connectivity index (χ2n) is 5.67. The number of nitrogens with one attached hydrogen (secondary N) is 1. The first kappa shape index (κ1) is 14.7. The third-order valence-corrected chi connectivity index (χ3v) is 4.65. The van der Waals surface area contributed by atoms with Crippen LogP contribution in [0.5, 0.6) is 0 Å². The largest absolute Gasteiger partial charge is 0.321 e. The maximum Gasteiger partial charge on any atom is 0.267 e. The molecule has 1 aromatic carbocycles. The van der Waals surface area contributed by atoms with Crippen LogP contribution in [0.15, 0.2) is 24.3 Å². The molecule has 1 amide bonds. The summed E-state index contributed by atoms with van der Waals surface area (Å²) in [6, 6.07) is 7.77. The molecule has 0 radical (unpaired) electrons. The molecule has 0 spiro atoms. The highest BCUT2D eigenvalue weighted by Crippen LogP contribution is 2.26. The first-order valence-electron chi connectivity index (χ1n) is 7.20. The van der Waals surface area contributed by atoms with Crippen LogP contribution in [0.4, 0.5) is 5.69 Å². The summed E-state index contributed by atoms with van der Waals surface area (Å²) in [5, 5.41) is 11.3. The van der Waals surface area contributed by atoms with Gasteiger partial charge in [0.2, 0.25) is 4.96 Å². The van der Waals surface area contributed by atoms with Gasteiger partial charge >= 0.3 is 0 Å². The van der Waals surface area contributed by atoms with Gasteiger partial charge in [0.1, 0.15) is 10.7 Å². The van der Waals surface area contributed by atoms with Crippen molar-refractivity contribution in [3.8, 4) is 0 Å². The Hall–Kier alpha value is -2.21. The van der Waals surface area contributed by atoms with E-state index >= 15 is 0 Å². The van der Waals surface area contributed by atoms with E-state index in [2.05, 4.69) is 29.4 Å². The number of carbonyl (C=O) groups excluding carboxylic acids is 1. The van der Waals surface area contributed by atoms with E-state index in [0.717, 1.165) is 27.7 Å². The van der Waals surface area contributed by atoms with Crippen molar-refractivity contribution in [2.45, 2.75) is 33.6 Å². The molecule has 5 nitrogen and oxygen atoms in total. The van der Waals surface area contributed by atoms with Gasteiger partial charge in [-0.3, -0.25) is 9.20 Å². The second kappa shape index (κ2) is 5.53. The van der Waals surface area contributed by atoms with Gasteiger partial charge in [0.15, 0.2) is 0 Å². The Labute approximate surface area is 133 Å². The van der Waals surface area contributed by atoms with Gasteiger partial charge in [-0.2, -0.15) is 0 Å². The molecule has 0 fully saturated rings. The van der Waals surface area contributed by atoms with Crippen molar-refractivity contribution in [2.75, 3.05) is 5.32 Å². The highest BCUT2D eigenvalue weighted by molar-refractivity contribution is 7.19. The highest BCUT2D eigenvalue weighted by atomic mass is 32.1. The molecule has 3 rings (SSSR count). The lowest BCUT2D eigenvalue weighted by molar-refractivity contribution is 0.102. The van der Waals surface area contributed by atoms with Crippen molar-refractivity contribution >= 4 is 27.9 Å². The Kier molecular flexibility index (Phi) is 3.70. The maximum absolute atomic E-state index is 12.5. The predicted octanol–water partition coefficient (Wildman–Crippen LogP) is 3.78. The molecule has 114 valence electrons. The van der Waals surface area contributed by atoms with Gasteiger partial charge in [-0.25, -0.2) is 0 Å². The van der Waals surface area contributed by atoms with Gasteiger partial charge in [0.25, 0.3) is 5.91 Å². The first-order chi connectivity index (χ1) is 10.5. The summed E-state index contributed by atoms with van der Waals surface area (Å²) in [7, 11) is 0. The zero-order valence-corrected chi connectivity index (χ0v) is 13.9. The fourth-order valence-corrected chi connectivity index (χ4v) is 3.39. The van der Waals surface area contributed by atoms with Crippen LogP contribution >= 0.6 is 11.3 Å². The number of aromatic nitrogens is 3. The maximum atomic E-state index is 12.5. The van der Waals surface area contributed by atoms with E-state index in [1.807, 2.05) is 42.5 Å². The monoisotopic (exact) mass is 314 g/mol. The molecule has 2 aromatic heterocycles. The normalized spacial score (nSPS) is 11.3. The van der Waals surface area contributed by atoms with Crippen LogP contribution in [0.2, 0.25) is 0 Å². The van der Waals surface area contributed by atoms with Crippen molar-refractivity contribution in [1.29, 1.82) is 0 Å². The number of aryl methyl sites for hydroxylation is 2. The number of fused-ring (bicyclic) bond motifs is 1. The summed E-state index contributed by atoms with van der Waals surface area (Å²) in [6.45, 7) is 8.07. The molecule has 0 atom stereocenters. The second-order valence-corrected chi connectivity index (χ2v) is 6.65. The molecule has 0 saturated carbocycles. The molecule has 0 aliphatic heterocycles. The van der Waals surface area contributed by atoms with E-state index < -0.39 is 0 Å². The molecule has 22 heavy (non-hydrogen) atoms. The quantitative estimate of drug-likeness (QED) is 0.800. The number of rotatable bonds is 3. The number of carbonyl (C=O) groups is 1. The molecule has 3 aromatic rings. The van der Waals surface area contributed by atoms with Crippen LogP contribution in [0, 0.1) is 13.8 Å². The van der Waals surface area contributed by atoms with E-state index in [1.54, 1.807) is 0 Å². The smallest absolute Gasteiger partial charge is 0.267 e. The Balaban J connectivity index is 1.96. The Morgan fingerprint density at radius 3 is 2.73 bits per heavy atom. The standard InChI is InChI=1S/C16H18N4OS/c1-9(2)14-18-19-16-20(14)11(4)13(22-16)15(21)17-12-7-5-6-10(3)8-12/h5-9H,1-4H3,(H,17,21). The Bertz CT molecular complexity index is 847. The summed E-state index contributed by atoms with van der Waals surface area (Å²) in [5.41, 5.74) is 2.80. The van der Waals surface area contributed by atoms with E-state index in [-0.39, 0.29) is 11.8 Å². The summed E-state index contributed by atoms with van der Waals surface area (Å²) in [4.78, 5) is 14.0. The van der Waals surface area contributed by atoms with Crippen molar-refractivity contribution in [3.05, 3.63) is 46.2 Å². The summed E-state index contributed by atoms with van der Waals surface area (Å²) < 4.78 is 1.97. The lowest BCUT2D eigenvalue weighted by atomic mass is 10.2. The van der Waals surface area contributed by atoms with Gasteiger partial charge in [-0.05, 0) is 31.5 Å². The van der Waals surface area contributed by atoms with Crippen molar-refractivity contribution < 1.29 is 4.79 Å². The molecule has 0 unspecified atom stereocenters. The van der Waals surface area contributed by atoms with Crippen LogP contribution in [0.3, 0.4) is 0 Å². The summed E-state index contributed by atoms with van der Waals surface area (Å²) in [5.74, 6) is 1.04. The summed E-state index contributed by atoms with van der Waals surface area (Å²) >= 11 is 1.37. The molecule has 0 aliphatic carbocycles. The number of anilines is 1. The Morgan fingerprint density at radius 1 is 1.27 bits per heavy atom. The van der Waals surface area contributed by atoms with Crippen LogP contribution in [-0.4, -0.2) is 20.5 Å². The first-order valence-corrected chi connectivity index (χ1v) is 8.01. The fraction of sp³-hybridized carbons (Fsp3) is 0.312. The molecular weight excluding hydrogens is 296 g/mol. The van der Waals surface area contributed by atoms with Gasteiger partial charge < -0.3 is 5.32 Å². The van der Waals surface area contributed by atoms with Gasteiger partial charge in [0, 0.05) is 17.3 Å². The number of hydrogen-bond donors (Lipinski definition) is 1. The number of amides is 1. The van der Waals surface area contributed by atoms with E-state index in [1.165, 1.54) is 11.3 Å². The third-order valence-electron chi connectivity index (χ3n) is 3.51. The molecule has 6 heteroatoms. The van der Waals surface area contributed by atoms with Crippen molar-refractivity contribution in [1.82, 2.24) is 14.6 Å². The molecule has 1 N–H and O–H groups in total. The summed E-state index contributed by atoms with van der Waals surface area (Å²) in [6.07, 6.45) is 0. The average molecular weight is 314 g/mol. The lowest BCUT2D eigenvalue weighted by Crippen LogP contribution is -2.12. The SMILES string of the molecule is Cc1cccc(NC(=O)c2sc3nnc(C(C)C)n3c2C)c1. The minimum atomic E-state index is -0.103. The van der Waals surface area contributed by atoms with Crippen LogP contribution in [-0.2, 0) is 0 Å². The van der Waals surface area contributed by atoms with Crippen molar-refractivity contribution in [2.24, 2.45) is 0 Å². The van der Waals surface area contributed by atoms with Crippen LogP contribution in [0.25, 0.3) is 4.96 Å². The number of benzene rings is 1. The predicted molar refractivity (Wildman–Crippen MR) is 88.8 cm³/mol. The van der Waals surface area contributed by atoms with Gasteiger partial charge in [-0.15, -0.1) is 10.2 Å². The van der Waals surface area contributed by atoms with Gasteiger partial charge in [0.05, 0.1) is 0 Å². The Morgan fingerprint density at radius 2 is 2.05 bits per heavy atom. The molecular formula is C16H18N4OS. The number of hydrogen-bond acceptors (Lipinski definition) is 4. The number of thiazole rings is 1. The van der Waals surface area contributed by atoms with Crippen LogP contribution < -0.4 is 5.32 Å². The minimum Gasteiger partial charge on any atom is -0.321 e. The number of nitrogens with zero attached hydrogens (tertiary/aromatic N) is 3. The molecule has 0 saturated heterocycles. The minimum absolute atomic E-state index is 0.103. The average Bonchev–Trinajstić information content (AvgIpc) is 2.99. The topological polar surface area (TPSA) is 59.3 Å². The zero-order valence-electron chi connectivity index (χ0n) is 13.0. The van der Waals surface area contributed by atoms with Crippen molar-refractivity contribution in [3.63, 3.8) is 0 Å². The molecule has 2 heterocycles. The van der Waals surface area contributed by atoms with E-state index in [0.29, 0.717) is 4.88 Å². The highest BCUT2D eigenvalue weighted by Gasteiger charge is 2.21. The van der Waals surface area contributed by atoms with E-state index in [4.69, 9.17) is 0 Å².